The van der Waals surface area contributed by atoms with E-state index in [2.05, 4.69) is 5.32 Å². The van der Waals surface area contributed by atoms with Gasteiger partial charge in [0.25, 0.3) is 0 Å². The minimum atomic E-state index is -0.798. The third-order valence-corrected chi connectivity index (χ3v) is 7.96. The Bertz CT molecular complexity index is 1410. The molecule has 0 spiro atoms. The van der Waals surface area contributed by atoms with E-state index in [1.54, 1.807) is 57.2 Å². The van der Waals surface area contributed by atoms with E-state index in [9.17, 15) is 24.0 Å². The highest BCUT2D eigenvalue weighted by Gasteiger charge is 2.42. The number of amides is 1. The smallest absolute Gasteiger partial charge is 0.411 e. The number of nitrogens with one attached hydrogen (secondary N) is 1. The van der Waals surface area contributed by atoms with Gasteiger partial charge in [-0.15, -0.1) is 0 Å². The molecule has 236 valence electrons. The number of benzene rings is 2. The van der Waals surface area contributed by atoms with Crippen molar-refractivity contribution in [3.63, 3.8) is 0 Å². The summed E-state index contributed by atoms with van der Waals surface area (Å²) in [6.07, 6.45) is 2.09. The number of likely N-dealkylation sites (tertiary alicyclic amines) is 1. The van der Waals surface area contributed by atoms with Crippen molar-refractivity contribution in [2.45, 2.75) is 97.0 Å². The van der Waals surface area contributed by atoms with Gasteiger partial charge in [0.1, 0.15) is 17.7 Å². The lowest BCUT2D eigenvalue weighted by molar-refractivity contribution is -0.148. The summed E-state index contributed by atoms with van der Waals surface area (Å²) >= 11 is 0. The summed E-state index contributed by atoms with van der Waals surface area (Å²) in [5.41, 5.74) is 2.58. The average molecular weight is 607 g/mol. The van der Waals surface area contributed by atoms with Gasteiger partial charge in [-0.05, 0) is 83.9 Å². The summed E-state index contributed by atoms with van der Waals surface area (Å²) in [4.78, 5) is 64.7. The van der Waals surface area contributed by atoms with Gasteiger partial charge in [-0.3, -0.25) is 19.3 Å². The Kier molecular flexibility index (Phi) is 10.2. The van der Waals surface area contributed by atoms with Crippen molar-refractivity contribution in [2.75, 3.05) is 13.2 Å². The molecule has 0 radical (unpaired) electrons. The maximum Gasteiger partial charge on any atom is 0.411 e. The largest absolute Gasteiger partial charge is 0.456 e. The third-order valence-electron chi connectivity index (χ3n) is 7.96. The highest BCUT2D eigenvalue weighted by atomic mass is 16.6. The van der Waals surface area contributed by atoms with Crippen LogP contribution in [0.25, 0.3) is 11.1 Å². The van der Waals surface area contributed by atoms with Crippen LogP contribution in [0.3, 0.4) is 0 Å². The van der Waals surface area contributed by atoms with E-state index >= 15 is 0 Å². The van der Waals surface area contributed by atoms with Crippen LogP contribution in [0.5, 0.6) is 0 Å². The second kappa shape index (κ2) is 13.7. The second-order valence-corrected chi connectivity index (χ2v) is 12.7. The van der Waals surface area contributed by atoms with Crippen LogP contribution in [0, 0.1) is 6.92 Å². The molecule has 2 aliphatic heterocycles. The van der Waals surface area contributed by atoms with Gasteiger partial charge in [-0.2, -0.15) is 0 Å². The summed E-state index contributed by atoms with van der Waals surface area (Å²) in [6.45, 7) is 10.2. The number of ether oxygens (including phenoxy) is 3. The molecule has 2 saturated heterocycles. The first-order valence-corrected chi connectivity index (χ1v) is 15.1. The van der Waals surface area contributed by atoms with Crippen molar-refractivity contribution in [3.05, 3.63) is 59.2 Å². The molecule has 10 nitrogen and oxygen atoms in total. The van der Waals surface area contributed by atoms with Crippen molar-refractivity contribution in [1.29, 1.82) is 0 Å². The number of carbonyl (C=O) groups excluding carboxylic acids is 5. The zero-order chi connectivity index (χ0) is 32.2. The normalized spacial score (nSPS) is 21.5. The fourth-order valence-electron chi connectivity index (χ4n) is 5.59. The lowest BCUT2D eigenvalue weighted by atomic mass is 9.97. The van der Waals surface area contributed by atoms with Crippen LogP contribution < -0.4 is 5.32 Å². The summed E-state index contributed by atoms with van der Waals surface area (Å²) in [5.74, 6) is -1.67. The molecule has 1 N–H and O–H groups in total. The zero-order valence-corrected chi connectivity index (χ0v) is 26.3. The molecule has 1 amide bonds. The molecule has 2 fully saturated rings. The molecule has 0 aliphatic carbocycles. The predicted octanol–water partition coefficient (Wildman–Crippen LogP) is 5.04. The highest BCUT2D eigenvalue weighted by Crippen LogP contribution is 2.28. The number of esters is 2. The van der Waals surface area contributed by atoms with Gasteiger partial charge < -0.3 is 19.5 Å². The lowest BCUT2D eigenvalue weighted by Gasteiger charge is -2.30. The molecular weight excluding hydrogens is 564 g/mol. The van der Waals surface area contributed by atoms with E-state index in [1.807, 2.05) is 26.8 Å². The maximum atomic E-state index is 12.8. The number of hydrogen-bond acceptors (Lipinski definition) is 9. The molecule has 2 aromatic carbocycles. The Labute approximate surface area is 258 Å². The van der Waals surface area contributed by atoms with Crippen LogP contribution in [-0.4, -0.2) is 77.5 Å². The van der Waals surface area contributed by atoms with Crippen molar-refractivity contribution in [2.24, 2.45) is 0 Å². The Balaban J connectivity index is 1.31. The minimum Gasteiger partial charge on any atom is -0.456 e. The zero-order valence-electron chi connectivity index (χ0n) is 26.3. The van der Waals surface area contributed by atoms with Crippen molar-refractivity contribution in [1.82, 2.24) is 10.2 Å². The molecule has 4 rings (SSSR count). The summed E-state index contributed by atoms with van der Waals surface area (Å²) < 4.78 is 16.0. The van der Waals surface area contributed by atoms with Gasteiger partial charge >= 0.3 is 18.0 Å². The molecule has 0 unspecified atom stereocenters. The topological polar surface area (TPSA) is 128 Å². The first-order chi connectivity index (χ1) is 20.7. The van der Waals surface area contributed by atoms with Crippen LogP contribution in [0.2, 0.25) is 0 Å². The molecule has 4 atom stereocenters. The van der Waals surface area contributed by atoms with E-state index < -0.39 is 36.3 Å². The Hall–Kier alpha value is -4.05. The fraction of sp³-hybridized carbons (Fsp3) is 0.500. The highest BCUT2D eigenvalue weighted by molar-refractivity contribution is 6.00. The van der Waals surface area contributed by atoms with Gasteiger partial charge in [-0.25, -0.2) is 9.59 Å². The van der Waals surface area contributed by atoms with E-state index in [1.165, 1.54) is 4.90 Å². The number of hydrogen-bond donors (Lipinski definition) is 1. The Morgan fingerprint density at radius 1 is 0.818 bits per heavy atom. The van der Waals surface area contributed by atoms with Gasteiger partial charge in [0.05, 0.1) is 0 Å². The molecule has 2 heterocycles. The van der Waals surface area contributed by atoms with Crippen LogP contribution in [0.15, 0.2) is 42.5 Å². The number of Topliss-reactive ketones (excluding diaryl/α,β-unsaturated/α-hetero) is 2. The molecule has 2 aliphatic rings. The number of aryl methyl sites for hydroxylation is 1. The van der Waals surface area contributed by atoms with Gasteiger partial charge in [0.15, 0.2) is 19.0 Å². The maximum absolute atomic E-state index is 12.8. The number of carbonyl (C=O) groups is 5. The predicted molar refractivity (Wildman–Crippen MR) is 163 cm³/mol. The van der Waals surface area contributed by atoms with E-state index in [-0.39, 0.29) is 36.3 Å². The summed E-state index contributed by atoms with van der Waals surface area (Å²) in [6, 6.07) is 11.2. The van der Waals surface area contributed by atoms with Crippen LogP contribution >= 0.6 is 0 Å². The summed E-state index contributed by atoms with van der Waals surface area (Å²) in [7, 11) is 0. The van der Waals surface area contributed by atoms with Crippen LogP contribution in [0.4, 0.5) is 4.79 Å². The first-order valence-electron chi connectivity index (χ1n) is 15.1. The molecule has 0 saturated carbocycles. The average Bonchev–Trinajstić information content (AvgIpc) is 3.58. The monoisotopic (exact) mass is 606 g/mol. The molecular formula is C34H42N2O8. The van der Waals surface area contributed by atoms with Gasteiger partial charge in [0, 0.05) is 23.2 Å². The Morgan fingerprint density at radius 3 is 2.07 bits per heavy atom. The van der Waals surface area contributed by atoms with E-state index in [0.29, 0.717) is 30.4 Å². The van der Waals surface area contributed by atoms with Crippen molar-refractivity contribution >= 4 is 29.6 Å². The van der Waals surface area contributed by atoms with Crippen LogP contribution in [-0.2, 0) is 23.8 Å². The number of rotatable bonds is 9. The first kappa shape index (κ1) is 32.9. The van der Waals surface area contributed by atoms with Crippen molar-refractivity contribution < 1.29 is 38.2 Å². The summed E-state index contributed by atoms with van der Waals surface area (Å²) in [5, 5.41) is 3.16. The molecule has 44 heavy (non-hydrogen) atoms. The van der Waals surface area contributed by atoms with Gasteiger partial charge in [-0.1, -0.05) is 42.5 Å². The fourth-order valence-corrected chi connectivity index (χ4v) is 5.59. The quantitative estimate of drug-likeness (QED) is 0.237. The van der Waals surface area contributed by atoms with Crippen molar-refractivity contribution in [3.8, 4) is 11.1 Å². The second-order valence-electron chi connectivity index (χ2n) is 12.7. The lowest BCUT2D eigenvalue weighted by Crippen LogP contribution is -2.47. The SMILES string of the molecule is Cc1cc(-c2ccc(C(=O)COC(=O)[C@@H]3CC[C@H](C)N3C(=O)OC(C)(C)C)cc2)ccc1C(=O)COC(=O)[C@@H]1CC[C@H](C)N1. The Morgan fingerprint density at radius 2 is 1.45 bits per heavy atom. The van der Waals surface area contributed by atoms with E-state index in [4.69, 9.17) is 14.2 Å². The minimum absolute atomic E-state index is 0.179. The number of ketones is 2. The number of nitrogens with zero attached hydrogens (tertiary/aromatic N) is 1. The third kappa shape index (κ3) is 8.11. The van der Waals surface area contributed by atoms with Gasteiger partial charge in [0.2, 0.25) is 5.78 Å². The van der Waals surface area contributed by atoms with E-state index in [0.717, 1.165) is 23.1 Å². The molecule has 0 bridgehead atoms. The molecule has 10 heteroatoms. The molecule has 2 aromatic rings. The molecule has 0 aromatic heterocycles. The van der Waals surface area contributed by atoms with Crippen LogP contribution in [0.1, 0.15) is 86.6 Å². The standard InChI is InChI=1S/C34H42N2O8/c1-20-17-25(13-14-26(20)30(38)19-42-31(39)27-15-7-21(2)35-27)23-9-11-24(12-10-23)29(37)18-43-32(40)28-16-8-22(3)36(28)33(41)44-34(4,5)6/h9-14,17,21-22,27-28,35H,7-8,15-16,18-19H2,1-6H3/t21-,22-,27-,28-/m0/s1.